The van der Waals surface area contributed by atoms with Crippen LogP contribution in [-0.4, -0.2) is 37.9 Å². The summed E-state index contributed by atoms with van der Waals surface area (Å²) in [6, 6.07) is 5.89. The normalized spacial score (nSPS) is 16.5. The van der Waals surface area contributed by atoms with E-state index in [0.717, 1.165) is 36.5 Å². The van der Waals surface area contributed by atoms with E-state index in [1.165, 1.54) is 9.71 Å². The van der Waals surface area contributed by atoms with Crippen LogP contribution in [0.15, 0.2) is 18.2 Å². The number of nitrogens with two attached hydrogens (primary N) is 2. The quantitative estimate of drug-likeness (QED) is 0.724. The fourth-order valence-corrected chi connectivity index (χ4v) is 4.44. The van der Waals surface area contributed by atoms with Gasteiger partial charge in [-0.1, -0.05) is 11.6 Å². The second kappa shape index (κ2) is 6.70. The molecule has 130 valence electrons. The number of hydrogen-bond donors (Lipinski definition) is 2. The summed E-state index contributed by atoms with van der Waals surface area (Å²) in [5.41, 5.74) is 12.3. The van der Waals surface area contributed by atoms with Crippen molar-refractivity contribution in [2.45, 2.75) is 25.3 Å². The number of anilines is 2. The molecule has 1 aromatic carbocycles. The minimum atomic E-state index is 0.172. The highest BCUT2D eigenvalue weighted by Gasteiger charge is 2.24. The summed E-state index contributed by atoms with van der Waals surface area (Å²) in [7, 11) is 0. The topological polar surface area (TPSA) is 107 Å². The molecule has 0 atom stereocenters. The Morgan fingerprint density at radius 1 is 1.08 bits per heavy atom. The summed E-state index contributed by atoms with van der Waals surface area (Å²) in [5.74, 6) is 1.45. The number of halogens is 1. The summed E-state index contributed by atoms with van der Waals surface area (Å²) in [5, 5.41) is 1.93. The van der Waals surface area contributed by atoms with Crippen LogP contribution in [0.1, 0.15) is 29.6 Å². The van der Waals surface area contributed by atoms with Gasteiger partial charge in [0.05, 0.1) is 21.8 Å². The number of nitrogen functional groups attached to an aromatic ring is 2. The highest BCUT2D eigenvalue weighted by atomic mass is 35.5. The predicted octanol–water partition coefficient (Wildman–Crippen LogP) is 2.68. The molecule has 3 heterocycles. The Hall–Kier alpha value is -2.03. The first-order valence-electron chi connectivity index (χ1n) is 8.11. The van der Waals surface area contributed by atoms with Gasteiger partial charge in [-0.25, -0.2) is 4.98 Å². The Balaban J connectivity index is 1.42. The second-order valence-corrected chi connectivity index (χ2v) is 7.68. The lowest BCUT2D eigenvalue weighted by molar-refractivity contribution is 0.200. The molecule has 7 nitrogen and oxygen atoms in total. The average Bonchev–Trinajstić information content (AvgIpc) is 2.97. The van der Waals surface area contributed by atoms with Crippen molar-refractivity contribution in [1.82, 2.24) is 24.8 Å². The first kappa shape index (κ1) is 16.4. The molecule has 0 amide bonds. The molecule has 1 aliphatic rings. The maximum Gasteiger partial charge on any atom is 0.225 e. The third-order valence-electron chi connectivity index (χ3n) is 4.38. The number of likely N-dealkylation sites (tertiary alicyclic amines) is 1. The molecule has 9 heteroatoms. The van der Waals surface area contributed by atoms with E-state index in [4.69, 9.17) is 28.1 Å². The van der Waals surface area contributed by atoms with Crippen LogP contribution in [0.5, 0.6) is 0 Å². The molecule has 0 bridgehead atoms. The van der Waals surface area contributed by atoms with Gasteiger partial charge in [0.25, 0.3) is 0 Å². The van der Waals surface area contributed by atoms with E-state index in [-0.39, 0.29) is 11.9 Å². The Morgan fingerprint density at radius 2 is 1.80 bits per heavy atom. The monoisotopic (exact) mass is 375 g/mol. The fraction of sp³-hybridized carbons (Fsp3) is 0.375. The summed E-state index contributed by atoms with van der Waals surface area (Å²) >= 11 is 7.82. The standard InChI is InChI=1S/C16H18ClN7S/c17-10-1-2-12-11(7-10)20-14(25-12)9-3-5-24(6-4-9)8-13-21-15(18)23-16(19)22-13/h1-2,7,9H,3-6,8H2,(H4,18,19,21,22,23). The number of benzene rings is 1. The lowest BCUT2D eigenvalue weighted by atomic mass is 9.97. The SMILES string of the molecule is Nc1nc(N)nc(CN2CCC(c3nc4cc(Cl)ccc4s3)CC2)n1. The Labute approximate surface area is 154 Å². The van der Waals surface area contributed by atoms with Gasteiger partial charge in [-0.3, -0.25) is 4.90 Å². The van der Waals surface area contributed by atoms with Crippen molar-refractivity contribution >= 4 is 45.1 Å². The molecule has 0 aliphatic carbocycles. The zero-order valence-electron chi connectivity index (χ0n) is 13.5. The summed E-state index contributed by atoms with van der Waals surface area (Å²) in [4.78, 5) is 19.2. The van der Waals surface area contributed by atoms with Crippen molar-refractivity contribution in [3.63, 3.8) is 0 Å². The zero-order chi connectivity index (χ0) is 17.4. The van der Waals surface area contributed by atoms with Crippen LogP contribution >= 0.6 is 22.9 Å². The van der Waals surface area contributed by atoms with Crippen molar-refractivity contribution in [2.24, 2.45) is 0 Å². The van der Waals surface area contributed by atoms with E-state index in [2.05, 4.69) is 19.9 Å². The number of thiazole rings is 1. The Bertz CT molecular complexity index is 884. The molecule has 0 spiro atoms. The van der Waals surface area contributed by atoms with Gasteiger partial charge in [-0.2, -0.15) is 15.0 Å². The van der Waals surface area contributed by atoms with E-state index in [1.807, 2.05) is 18.2 Å². The maximum absolute atomic E-state index is 6.06. The van der Waals surface area contributed by atoms with Gasteiger partial charge >= 0.3 is 0 Å². The van der Waals surface area contributed by atoms with Gasteiger partial charge in [-0.05, 0) is 44.1 Å². The molecule has 0 saturated carbocycles. The number of aromatic nitrogens is 4. The third-order valence-corrected chi connectivity index (χ3v) is 5.82. The van der Waals surface area contributed by atoms with Crippen LogP contribution in [0.2, 0.25) is 5.02 Å². The zero-order valence-corrected chi connectivity index (χ0v) is 15.1. The number of piperidine rings is 1. The molecular formula is C16H18ClN7S. The highest BCUT2D eigenvalue weighted by Crippen LogP contribution is 2.34. The molecule has 4 rings (SSSR count). The third kappa shape index (κ3) is 3.65. The van der Waals surface area contributed by atoms with E-state index in [1.54, 1.807) is 11.3 Å². The average molecular weight is 376 g/mol. The Morgan fingerprint density at radius 3 is 2.52 bits per heavy atom. The van der Waals surface area contributed by atoms with Crippen molar-refractivity contribution in [3.8, 4) is 0 Å². The van der Waals surface area contributed by atoms with Crippen molar-refractivity contribution in [1.29, 1.82) is 0 Å². The van der Waals surface area contributed by atoms with Crippen molar-refractivity contribution in [3.05, 3.63) is 34.1 Å². The van der Waals surface area contributed by atoms with Gasteiger partial charge in [0, 0.05) is 10.9 Å². The van der Waals surface area contributed by atoms with Crippen LogP contribution in [-0.2, 0) is 6.54 Å². The largest absolute Gasteiger partial charge is 0.368 e. The minimum Gasteiger partial charge on any atom is -0.368 e. The molecule has 0 radical (unpaired) electrons. The minimum absolute atomic E-state index is 0.172. The highest BCUT2D eigenvalue weighted by molar-refractivity contribution is 7.18. The van der Waals surface area contributed by atoms with E-state index < -0.39 is 0 Å². The predicted molar refractivity (Wildman–Crippen MR) is 101 cm³/mol. The van der Waals surface area contributed by atoms with Crippen molar-refractivity contribution < 1.29 is 0 Å². The summed E-state index contributed by atoms with van der Waals surface area (Å²) < 4.78 is 1.19. The number of hydrogen-bond acceptors (Lipinski definition) is 8. The smallest absolute Gasteiger partial charge is 0.225 e. The van der Waals surface area contributed by atoms with E-state index in [0.29, 0.717) is 18.3 Å². The van der Waals surface area contributed by atoms with Gasteiger partial charge in [0.1, 0.15) is 5.82 Å². The molecule has 1 fully saturated rings. The van der Waals surface area contributed by atoms with Gasteiger partial charge in [-0.15, -0.1) is 11.3 Å². The molecule has 3 aromatic rings. The molecule has 1 saturated heterocycles. The summed E-state index contributed by atoms with van der Waals surface area (Å²) in [6.07, 6.45) is 2.12. The lowest BCUT2D eigenvalue weighted by Crippen LogP contribution is -2.33. The van der Waals surface area contributed by atoms with Crippen LogP contribution in [0, 0.1) is 0 Å². The molecular weight excluding hydrogens is 358 g/mol. The van der Waals surface area contributed by atoms with Crippen LogP contribution in [0.4, 0.5) is 11.9 Å². The number of nitrogens with zero attached hydrogens (tertiary/aromatic N) is 5. The number of fused-ring (bicyclic) bond motifs is 1. The van der Waals surface area contributed by atoms with Gasteiger partial charge in [0.2, 0.25) is 11.9 Å². The van der Waals surface area contributed by atoms with Gasteiger partial charge in [0.15, 0.2) is 0 Å². The van der Waals surface area contributed by atoms with E-state index >= 15 is 0 Å². The maximum atomic E-state index is 6.06. The van der Waals surface area contributed by atoms with Crippen LogP contribution < -0.4 is 11.5 Å². The van der Waals surface area contributed by atoms with Crippen LogP contribution in [0.3, 0.4) is 0 Å². The Kier molecular flexibility index (Phi) is 4.41. The molecule has 0 unspecified atom stereocenters. The van der Waals surface area contributed by atoms with E-state index in [9.17, 15) is 0 Å². The fourth-order valence-electron chi connectivity index (χ4n) is 3.16. The van der Waals surface area contributed by atoms with Crippen LogP contribution in [0.25, 0.3) is 10.2 Å². The van der Waals surface area contributed by atoms with Crippen molar-refractivity contribution in [2.75, 3.05) is 24.6 Å². The number of rotatable bonds is 3. The van der Waals surface area contributed by atoms with Gasteiger partial charge < -0.3 is 11.5 Å². The first-order valence-corrected chi connectivity index (χ1v) is 9.30. The summed E-state index contributed by atoms with van der Waals surface area (Å²) in [6.45, 7) is 2.57. The lowest BCUT2D eigenvalue weighted by Gasteiger charge is -2.30. The molecule has 25 heavy (non-hydrogen) atoms. The second-order valence-electron chi connectivity index (χ2n) is 6.18. The molecule has 1 aliphatic heterocycles. The first-order chi connectivity index (χ1) is 12.1. The molecule has 4 N–H and O–H groups in total. The molecule has 2 aromatic heterocycles.